The molecule has 7 heteroatoms. The summed E-state index contributed by atoms with van der Waals surface area (Å²) in [6.07, 6.45) is 3.52. The lowest BCUT2D eigenvalue weighted by molar-refractivity contribution is -0.120. The van der Waals surface area contributed by atoms with E-state index in [0.717, 1.165) is 35.5 Å². The van der Waals surface area contributed by atoms with Crippen molar-refractivity contribution in [1.82, 2.24) is 4.31 Å². The highest BCUT2D eigenvalue weighted by Gasteiger charge is 2.33. The van der Waals surface area contributed by atoms with E-state index in [9.17, 15) is 13.2 Å². The number of hydrogen-bond donors (Lipinski definition) is 1. The molecule has 0 atom stereocenters. The van der Waals surface area contributed by atoms with Crippen LogP contribution < -0.4 is 10.2 Å². The van der Waals surface area contributed by atoms with Gasteiger partial charge in [-0.05, 0) is 88.3 Å². The van der Waals surface area contributed by atoms with Crippen molar-refractivity contribution in [1.29, 1.82) is 0 Å². The molecule has 0 aromatic heterocycles. The summed E-state index contributed by atoms with van der Waals surface area (Å²) in [6, 6.07) is 9.93. The largest absolute Gasteiger partial charge is 0.371 e. The molecule has 0 unspecified atom stereocenters. The van der Waals surface area contributed by atoms with E-state index < -0.39 is 10.0 Å². The van der Waals surface area contributed by atoms with Gasteiger partial charge >= 0.3 is 0 Å². The Balaban J connectivity index is 1.39. The van der Waals surface area contributed by atoms with Gasteiger partial charge in [-0.25, -0.2) is 8.42 Å². The van der Waals surface area contributed by atoms with Gasteiger partial charge in [-0.1, -0.05) is 17.7 Å². The second-order valence-corrected chi connectivity index (χ2v) is 11.5. The van der Waals surface area contributed by atoms with Crippen LogP contribution in [0, 0.1) is 33.6 Å². The zero-order chi connectivity index (χ0) is 23.8. The van der Waals surface area contributed by atoms with Gasteiger partial charge in [-0.3, -0.25) is 4.79 Å². The Bertz CT molecular complexity index is 1120. The number of hydrogen-bond acceptors (Lipinski definition) is 4. The quantitative estimate of drug-likeness (QED) is 0.697. The summed E-state index contributed by atoms with van der Waals surface area (Å²) < 4.78 is 28.2. The van der Waals surface area contributed by atoms with Crippen LogP contribution >= 0.6 is 0 Å². The summed E-state index contributed by atoms with van der Waals surface area (Å²) in [5.74, 6) is -0.210. The number of aryl methyl sites for hydroxylation is 4. The number of benzene rings is 2. The van der Waals surface area contributed by atoms with Crippen molar-refractivity contribution in [3.05, 3.63) is 52.6 Å². The number of nitrogens with zero attached hydrogens (tertiary/aromatic N) is 2. The molecule has 1 amide bonds. The molecule has 178 valence electrons. The molecule has 0 saturated carbocycles. The first-order valence-electron chi connectivity index (χ1n) is 11.9. The predicted molar refractivity (Wildman–Crippen MR) is 133 cm³/mol. The lowest BCUT2D eigenvalue weighted by Crippen LogP contribution is -2.41. The second kappa shape index (κ2) is 9.47. The Morgan fingerprint density at radius 1 is 0.879 bits per heavy atom. The lowest BCUT2D eigenvalue weighted by atomic mass is 9.97. The maximum atomic E-state index is 13.3. The van der Waals surface area contributed by atoms with E-state index in [1.807, 2.05) is 45.0 Å². The molecule has 2 heterocycles. The molecule has 0 aliphatic carbocycles. The van der Waals surface area contributed by atoms with Crippen molar-refractivity contribution in [3.8, 4) is 0 Å². The normalized spacial score (nSPS) is 18.0. The number of nitrogens with one attached hydrogen (secondary N) is 1. The summed E-state index contributed by atoms with van der Waals surface area (Å²) in [5.41, 5.74) is 5.83. The third kappa shape index (κ3) is 4.94. The summed E-state index contributed by atoms with van der Waals surface area (Å²) >= 11 is 0. The summed E-state index contributed by atoms with van der Waals surface area (Å²) in [5, 5.41) is 3.05. The average Bonchev–Trinajstić information content (AvgIpc) is 3.27. The van der Waals surface area contributed by atoms with Gasteiger partial charge in [0.05, 0.1) is 4.90 Å². The number of sulfonamides is 1. The van der Waals surface area contributed by atoms with Crippen LogP contribution in [-0.2, 0) is 14.8 Å². The predicted octanol–water partition coefficient (Wildman–Crippen LogP) is 4.56. The fourth-order valence-electron chi connectivity index (χ4n) is 5.35. The Labute approximate surface area is 198 Å². The van der Waals surface area contributed by atoms with Crippen molar-refractivity contribution in [2.24, 2.45) is 5.92 Å². The first-order chi connectivity index (χ1) is 15.7. The first-order valence-corrected chi connectivity index (χ1v) is 13.4. The van der Waals surface area contributed by atoms with Crippen molar-refractivity contribution < 1.29 is 13.2 Å². The molecule has 2 aromatic carbocycles. The van der Waals surface area contributed by atoms with Gasteiger partial charge in [0.25, 0.3) is 0 Å². The molecule has 33 heavy (non-hydrogen) atoms. The number of anilines is 2. The smallest absolute Gasteiger partial charge is 0.243 e. The third-order valence-corrected chi connectivity index (χ3v) is 9.14. The fraction of sp³-hybridized carbons (Fsp3) is 0.500. The van der Waals surface area contributed by atoms with E-state index in [0.29, 0.717) is 30.8 Å². The van der Waals surface area contributed by atoms with E-state index >= 15 is 0 Å². The highest BCUT2D eigenvalue weighted by Crippen LogP contribution is 2.30. The van der Waals surface area contributed by atoms with Gasteiger partial charge in [0, 0.05) is 43.5 Å². The number of piperidine rings is 1. The van der Waals surface area contributed by atoms with Crippen LogP contribution in [0.15, 0.2) is 35.2 Å². The Morgan fingerprint density at radius 2 is 1.48 bits per heavy atom. The van der Waals surface area contributed by atoms with Crippen LogP contribution in [0.2, 0.25) is 0 Å². The molecule has 0 bridgehead atoms. The summed E-state index contributed by atoms with van der Waals surface area (Å²) in [6.45, 7) is 10.7. The molecular formula is C26H35N3O3S. The molecule has 2 aliphatic rings. The summed E-state index contributed by atoms with van der Waals surface area (Å²) in [4.78, 5) is 15.7. The van der Waals surface area contributed by atoms with Gasteiger partial charge in [-0.15, -0.1) is 0 Å². The van der Waals surface area contributed by atoms with Gasteiger partial charge in [-0.2, -0.15) is 4.31 Å². The Hall–Kier alpha value is -2.38. The SMILES string of the molecule is Cc1cc(C)c(S(=O)(=O)N2CCC(C(=O)Nc3ccc(N4CCCC4)c(C)c3)CC2)c(C)c1. The van der Waals surface area contributed by atoms with Crippen molar-refractivity contribution >= 4 is 27.3 Å². The Morgan fingerprint density at radius 3 is 2.06 bits per heavy atom. The highest BCUT2D eigenvalue weighted by molar-refractivity contribution is 7.89. The molecule has 2 fully saturated rings. The molecule has 4 rings (SSSR count). The van der Waals surface area contributed by atoms with Crippen LogP contribution in [0.4, 0.5) is 11.4 Å². The van der Waals surface area contributed by atoms with Gasteiger partial charge in [0.2, 0.25) is 15.9 Å². The fourth-order valence-corrected chi connectivity index (χ4v) is 7.23. The minimum atomic E-state index is -3.57. The molecule has 0 radical (unpaired) electrons. The van der Waals surface area contributed by atoms with Crippen LogP contribution in [-0.4, -0.2) is 44.8 Å². The van der Waals surface area contributed by atoms with Crippen molar-refractivity contribution in [3.63, 3.8) is 0 Å². The van der Waals surface area contributed by atoms with E-state index in [2.05, 4.69) is 23.2 Å². The third-order valence-electron chi connectivity index (χ3n) is 6.94. The first kappa shape index (κ1) is 23.8. The average molecular weight is 470 g/mol. The zero-order valence-electron chi connectivity index (χ0n) is 20.1. The van der Waals surface area contributed by atoms with Crippen LogP contribution in [0.5, 0.6) is 0 Å². The van der Waals surface area contributed by atoms with E-state index in [1.54, 1.807) is 0 Å². The maximum Gasteiger partial charge on any atom is 0.243 e. The zero-order valence-corrected chi connectivity index (χ0v) is 21.0. The number of carbonyl (C=O) groups excluding carboxylic acids is 1. The van der Waals surface area contributed by atoms with Crippen LogP contribution in [0.3, 0.4) is 0 Å². The molecule has 2 saturated heterocycles. The standard InChI is InChI=1S/C26H35N3O3S/c1-18-15-20(3)25(21(4)16-18)33(31,32)29-13-9-22(10-14-29)26(30)27-23-7-8-24(19(2)17-23)28-11-5-6-12-28/h7-8,15-17,22H,5-6,9-14H2,1-4H3,(H,27,30). The van der Waals surface area contributed by atoms with E-state index in [1.165, 1.54) is 28.4 Å². The second-order valence-electron chi connectivity index (χ2n) is 9.59. The van der Waals surface area contributed by atoms with Crippen LogP contribution in [0.25, 0.3) is 0 Å². The molecule has 6 nitrogen and oxygen atoms in total. The molecule has 2 aliphatic heterocycles. The minimum Gasteiger partial charge on any atom is -0.371 e. The maximum absolute atomic E-state index is 13.3. The van der Waals surface area contributed by atoms with Gasteiger partial charge in [0.1, 0.15) is 0 Å². The van der Waals surface area contributed by atoms with Crippen LogP contribution in [0.1, 0.15) is 47.9 Å². The molecule has 1 N–H and O–H groups in total. The van der Waals surface area contributed by atoms with E-state index in [-0.39, 0.29) is 11.8 Å². The minimum absolute atomic E-state index is 0.0249. The molecule has 0 spiro atoms. The molecule has 2 aromatic rings. The van der Waals surface area contributed by atoms with Gasteiger partial charge < -0.3 is 10.2 Å². The number of rotatable bonds is 5. The topological polar surface area (TPSA) is 69.7 Å². The number of carbonyl (C=O) groups is 1. The molecular weight excluding hydrogens is 434 g/mol. The summed E-state index contributed by atoms with van der Waals surface area (Å²) in [7, 11) is -3.57. The lowest BCUT2D eigenvalue weighted by Gasteiger charge is -2.31. The van der Waals surface area contributed by atoms with Crippen molar-refractivity contribution in [2.45, 2.75) is 58.3 Å². The monoisotopic (exact) mass is 469 g/mol. The highest BCUT2D eigenvalue weighted by atomic mass is 32.2. The van der Waals surface area contributed by atoms with Gasteiger partial charge in [0.15, 0.2) is 0 Å². The van der Waals surface area contributed by atoms with Crippen molar-refractivity contribution in [2.75, 3.05) is 36.4 Å². The van der Waals surface area contributed by atoms with E-state index in [4.69, 9.17) is 0 Å². The number of amides is 1. The Kier molecular flexibility index (Phi) is 6.82.